The number of amides is 1. The molecule has 1 rings (SSSR count). The van der Waals surface area contributed by atoms with Crippen molar-refractivity contribution in [1.29, 1.82) is 10.5 Å². The summed E-state index contributed by atoms with van der Waals surface area (Å²) < 4.78 is 0. The zero-order chi connectivity index (χ0) is 11.5. The minimum absolute atomic E-state index is 0.102. The van der Waals surface area contributed by atoms with E-state index >= 15 is 0 Å². The molecular weight excluding hydrogens is 190 g/mol. The van der Waals surface area contributed by atoms with Crippen LogP contribution in [0.3, 0.4) is 0 Å². The molecule has 0 spiro atoms. The van der Waals surface area contributed by atoms with E-state index in [4.69, 9.17) is 10.5 Å². The van der Waals surface area contributed by atoms with Gasteiger partial charge in [-0.15, -0.1) is 0 Å². The Balaban J connectivity index is 2.65. The van der Waals surface area contributed by atoms with Crippen molar-refractivity contribution in [2.45, 2.75) is 26.7 Å². The van der Waals surface area contributed by atoms with E-state index in [1.165, 1.54) is 0 Å². The van der Waals surface area contributed by atoms with Crippen LogP contribution in [-0.2, 0) is 4.79 Å². The molecule has 80 valence electrons. The quantitative estimate of drug-likeness (QED) is 0.694. The minimum Gasteiger partial charge on any atom is -0.340 e. The van der Waals surface area contributed by atoms with Gasteiger partial charge in [-0.25, -0.2) is 0 Å². The van der Waals surface area contributed by atoms with Crippen LogP contribution in [0.1, 0.15) is 26.7 Å². The maximum absolute atomic E-state index is 11.9. The van der Waals surface area contributed by atoms with Gasteiger partial charge >= 0.3 is 0 Å². The maximum Gasteiger partial charge on any atom is 0.243 e. The zero-order valence-electron chi connectivity index (χ0n) is 9.16. The van der Waals surface area contributed by atoms with Crippen molar-refractivity contribution in [2.75, 3.05) is 13.1 Å². The molecule has 1 aliphatic carbocycles. The van der Waals surface area contributed by atoms with Gasteiger partial charge in [0, 0.05) is 13.1 Å². The summed E-state index contributed by atoms with van der Waals surface area (Å²) in [5, 5.41) is 17.6. The molecule has 1 aliphatic rings. The van der Waals surface area contributed by atoms with Crippen LogP contribution in [0.2, 0.25) is 0 Å². The minimum atomic E-state index is -0.759. The zero-order valence-corrected chi connectivity index (χ0v) is 9.16. The number of hydrogen-bond donors (Lipinski definition) is 0. The molecule has 0 bridgehead atoms. The molecule has 1 atom stereocenters. The van der Waals surface area contributed by atoms with Gasteiger partial charge in [-0.2, -0.15) is 10.5 Å². The van der Waals surface area contributed by atoms with Crippen LogP contribution in [0.25, 0.3) is 0 Å². The second kappa shape index (κ2) is 4.31. The highest BCUT2D eigenvalue weighted by molar-refractivity contribution is 5.88. The summed E-state index contributed by atoms with van der Waals surface area (Å²) in [7, 11) is 0. The SMILES string of the molecule is CCN(CC(C)C#N)C(=O)C1(C#N)CC1. The van der Waals surface area contributed by atoms with Crippen molar-refractivity contribution in [2.24, 2.45) is 11.3 Å². The van der Waals surface area contributed by atoms with Crippen molar-refractivity contribution < 1.29 is 4.79 Å². The number of nitrogens with zero attached hydrogens (tertiary/aromatic N) is 3. The standard InChI is InChI=1S/C11H15N3O/c1-3-14(7-9(2)6-12)10(15)11(8-13)4-5-11/h9H,3-5,7H2,1-2H3. The molecule has 0 saturated heterocycles. The fraction of sp³-hybridized carbons (Fsp3) is 0.727. The highest BCUT2D eigenvalue weighted by Crippen LogP contribution is 2.46. The molecule has 1 saturated carbocycles. The van der Waals surface area contributed by atoms with E-state index in [2.05, 4.69) is 12.1 Å². The van der Waals surface area contributed by atoms with Gasteiger partial charge < -0.3 is 4.90 Å². The Labute approximate surface area is 90.1 Å². The molecule has 0 radical (unpaired) electrons. The van der Waals surface area contributed by atoms with Gasteiger partial charge in [0.1, 0.15) is 5.41 Å². The first kappa shape index (κ1) is 11.5. The Bertz CT molecular complexity index is 333. The molecule has 1 unspecified atom stereocenters. The molecule has 1 amide bonds. The van der Waals surface area contributed by atoms with Crippen molar-refractivity contribution in [3.05, 3.63) is 0 Å². The van der Waals surface area contributed by atoms with Crippen LogP contribution in [0.5, 0.6) is 0 Å². The summed E-state index contributed by atoms with van der Waals surface area (Å²) in [5.41, 5.74) is -0.759. The number of hydrogen-bond acceptors (Lipinski definition) is 3. The van der Waals surface area contributed by atoms with Gasteiger partial charge in [-0.05, 0) is 26.7 Å². The average Bonchev–Trinajstić information content (AvgIpc) is 3.05. The normalized spacial score (nSPS) is 18.4. The Morgan fingerprint density at radius 3 is 2.47 bits per heavy atom. The average molecular weight is 205 g/mol. The van der Waals surface area contributed by atoms with Crippen LogP contribution in [0, 0.1) is 34.0 Å². The molecule has 4 nitrogen and oxygen atoms in total. The van der Waals surface area contributed by atoms with Gasteiger partial charge in [0.15, 0.2) is 0 Å². The van der Waals surface area contributed by atoms with Crippen LogP contribution in [0.15, 0.2) is 0 Å². The summed E-state index contributed by atoms with van der Waals surface area (Å²) in [6.45, 7) is 4.64. The van der Waals surface area contributed by atoms with E-state index in [9.17, 15) is 4.79 Å². The van der Waals surface area contributed by atoms with Crippen molar-refractivity contribution in [3.8, 4) is 12.1 Å². The highest BCUT2D eigenvalue weighted by Gasteiger charge is 2.52. The Morgan fingerprint density at radius 2 is 2.13 bits per heavy atom. The second-order valence-corrected chi connectivity index (χ2v) is 4.07. The predicted octanol–water partition coefficient (Wildman–Crippen LogP) is 1.30. The largest absolute Gasteiger partial charge is 0.340 e. The molecule has 0 N–H and O–H groups in total. The van der Waals surface area contributed by atoms with Crippen LogP contribution < -0.4 is 0 Å². The van der Waals surface area contributed by atoms with Crippen molar-refractivity contribution >= 4 is 5.91 Å². The van der Waals surface area contributed by atoms with Crippen molar-refractivity contribution in [1.82, 2.24) is 4.90 Å². The monoisotopic (exact) mass is 205 g/mol. The first-order chi connectivity index (χ1) is 7.09. The fourth-order valence-electron chi connectivity index (χ4n) is 1.53. The fourth-order valence-corrected chi connectivity index (χ4v) is 1.53. The Hall–Kier alpha value is -1.55. The van der Waals surface area contributed by atoms with Crippen LogP contribution in [0.4, 0.5) is 0 Å². The van der Waals surface area contributed by atoms with E-state index in [-0.39, 0.29) is 11.8 Å². The first-order valence-corrected chi connectivity index (χ1v) is 5.20. The van der Waals surface area contributed by atoms with E-state index in [0.717, 1.165) is 0 Å². The van der Waals surface area contributed by atoms with Gasteiger partial charge in [0.05, 0.1) is 18.1 Å². The molecule has 0 heterocycles. The summed E-state index contributed by atoms with van der Waals surface area (Å²) in [5.74, 6) is -0.280. The lowest BCUT2D eigenvalue weighted by Gasteiger charge is -2.23. The number of rotatable bonds is 4. The molecule has 0 aromatic rings. The van der Waals surface area contributed by atoms with Gasteiger partial charge in [-0.3, -0.25) is 4.79 Å². The molecule has 4 heteroatoms. The lowest BCUT2D eigenvalue weighted by atomic mass is 10.1. The lowest BCUT2D eigenvalue weighted by molar-refractivity contribution is -0.135. The summed E-state index contributed by atoms with van der Waals surface area (Å²) in [4.78, 5) is 13.6. The van der Waals surface area contributed by atoms with Crippen LogP contribution in [-0.4, -0.2) is 23.9 Å². The number of carbonyl (C=O) groups excluding carboxylic acids is 1. The molecule has 1 fully saturated rings. The van der Waals surface area contributed by atoms with E-state index in [0.29, 0.717) is 25.9 Å². The summed E-state index contributed by atoms with van der Waals surface area (Å²) in [6, 6.07) is 4.18. The number of nitriles is 2. The first-order valence-electron chi connectivity index (χ1n) is 5.20. The predicted molar refractivity (Wildman–Crippen MR) is 54.3 cm³/mol. The number of carbonyl (C=O) groups is 1. The molecule has 0 aromatic carbocycles. The smallest absolute Gasteiger partial charge is 0.243 e. The molecule has 0 aromatic heterocycles. The Morgan fingerprint density at radius 1 is 1.53 bits per heavy atom. The highest BCUT2D eigenvalue weighted by atomic mass is 16.2. The third kappa shape index (κ3) is 2.27. The molecule has 0 aliphatic heterocycles. The lowest BCUT2D eigenvalue weighted by Crippen LogP contribution is -2.39. The topological polar surface area (TPSA) is 67.9 Å². The third-order valence-electron chi connectivity index (χ3n) is 2.76. The second-order valence-electron chi connectivity index (χ2n) is 4.07. The van der Waals surface area contributed by atoms with Crippen LogP contribution >= 0.6 is 0 Å². The van der Waals surface area contributed by atoms with E-state index < -0.39 is 5.41 Å². The van der Waals surface area contributed by atoms with Gasteiger partial charge in [0.2, 0.25) is 5.91 Å². The van der Waals surface area contributed by atoms with E-state index in [1.807, 2.05) is 6.92 Å². The van der Waals surface area contributed by atoms with E-state index in [1.54, 1.807) is 11.8 Å². The third-order valence-corrected chi connectivity index (χ3v) is 2.76. The molecular formula is C11H15N3O. The van der Waals surface area contributed by atoms with Gasteiger partial charge in [-0.1, -0.05) is 0 Å². The molecule has 15 heavy (non-hydrogen) atoms. The maximum atomic E-state index is 11.9. The summed E-state index contributed by atoms with van der Waals surface area (Å²) >= 11 is 0. The van der Waals surface area contributed by atoms with Crippen molar-refractivity contribution in [3.63, 3.8) is 0 Å². The summed E-state index contributed by atoms with van der Waals surface area (Å²) in [6.07, 6.45) is 1.33. The Kier molecular flexibility index (Phi) is 3.31. The van der Waals surface area contributed by atoms with Gasteiger partial charge in [0.25, 0.3) is 0 Å².